The van der Waals surface area contributed by atoms with E-state index in [2.05, 4.69) is 34.1 Å². The van der Waals surface area contributed by atoms with Gasteiger partial charge in [0.2, 0.25) is 0 Å². The van der Waals surface area contributed by atoms with Crippen LogP contribution in [0, 0.1) is 5.92 Å². The van der Waals surface area contributed by atoms with E-state index in [1.807, 2.05) is 53.4 Å². The molecule has 3 atom stereocenters. The van der Waals surface area contributed by atoms with Crippen LogP contribution < -0.4 is 10.5 Å². The molecule has 6 rings (SSSR count). The Morgan fingerprint density at radius 3 is 2.43 bits per heavy atom. The van der Waals surface area contributed by atoms with E-state index < -0.39 is 0 Å². The standard InChI is InChI=1S/C31H33BrN2O3/c32-28-23-17-26-24-13-7-8-14-31(24,15-16-34(26)30(35)37-20-22-11-5-2-6-12-22)25(23)18-27(29(28)33)36-19-21-9-3-1-4-10-21/h1-6,9-12,18,24,26H,7-8,13-17,19-20,33H2/t24?,26-,31-/m0/s1. The molecule has 0 aromatic heterocycles. The van der Waals surface area contributed by atoms with Gasteiger partial charge in [-0.2, -0.15) is 0 Å². The molecule has 3 aliphatic rings. The number of fused-ring (bicyclic) bond motifs is 1. The molecule has 1 saturated carbocycles. The van der Waals surface area contributed by atoms with Crippen molar-refractivity contribution in [3.05, 3.63) is 93.5 Å². The average Bonchev–Trinajstić information content (AvgIpc) is 2.94. The summed E-state index contributed by atoms with van der Waals surface area (Å²) in [5.41, 5.74) is 12.0. The molecule has 0 radical (unpaired) electrons. The summed E-state index contributed by atoms with van der Waals surface area (Å²) in [4.78, 5) is 15.3. The number of carbonyl (C=O) groups excluding carboxylic acids is 1. The Labute approximate surface area is 227 Å². The molecule has 5 nitrogen and oxygen atoms in total. The SMILES string of the molecule is Nc1c(OCc2ccccc2)cc2c(c1Br)C[C@H]1C3CCCC[C@@]23CCN1C(=O)OCc1ccccc1. The van der Waals surface area contributed by atoms with Crippen molar-refractivity contribution in [1.82, 2.24) is 4.90 Å². The summed E-state index contributed by atoms with van der Waals surface area (Å²) in [6, 6.07) is 22.4. The zero-order chi connectivity index (χ0) is 25.4. The zero-order valence-corrected chi connectivity index (χ0v) is 22.6. The van der Waals surface area contributed by atoms with Gasteiger partial charge >= 0.3 is 6.09 Å². The molecule has 1 unspecified atom stereocenters. The van der Waals surface area contributed by atoms with Gasteiger partial charge in [-0.25, -0.2) is 4.79 Å². The molecule has 192 valence electrons. The Kier molecular flexibility index (Phi) is 6.62. The van der Waals surface area contributed by atoms with Gasteiger partial charge in [0, 0.05) is 22.5 Å². The number of amides is 1. The van der Waals surface area contributed by atoms with Gasteiger partial charge in [0.15, 0.2) is 0 Å². The van der Waals surface area contributed by atoms with Crippen LogP contribution in [-0.2, 0) is 29.8 Å². The van der Waals surface area contributed by atoms with Crippen LogP contribution in [0.15, 0.2) is 71.2 Å². The fourth-order valence-corrected chi connectivity index (χ4v) is 7.55. The minimum atomic E-state index is -0.205. The van der Waals surface area contributed by atoms with E-state index in [1.165, 1.54) is 24.0 Å². The molecule has 1 aliphatic heterocycles. The fourth-order valence-electron chi connectivity index (χ4n) is 6.98. The number of anilines is 1. The fraction of sp³-hybridized carbons (Fsp3) is 0.387. The second-order valence-corrected chi connectivity index (χ2v) is 11.5. The Bertz CT molecular complexity index is 1280. The number of halogens is 1. The second-order valence-electron chi connectivity index (χ2n) is 10.7. The number of nitrogens with zero attached hydrogens (tertiary/aromatic N) is 1. The van der Waals surface area contributed by atoms with Crippen molar-refractivity contribution in [2.45, 2.75) is 63.2 Å². The molecule has 1 saturated heterocycles. The van der Waals surface area contributed by atoms with Crippen LogP contribution in [0.3, 0.4) is 0 Å². The predicted molar refractivity (Wildman–Crippen MR) is 148 cm³/mol. The van der Waals surface area contributed by atoms with Gasteiger partial charge in [-0.1, -0.05) is 73.5 Å². The second kappa shape index (κ2) is 10.1. The number of nitrogen functional groups attached to an aromatic ring is 1. The molecule has 2 fully saturated rings. The molecule has 1 heterocycles. The number of piperidine rings is 1. The van der Waals surface area contributed by atoms with E-state index in [4.69, 9.17) is 15.2 Å². The van der Waals surface area contributed by atoms with E-state index >= 15 is 0 Å². The van der Waals surface area contributed by atoms with Crippen LogP contribution in [0.25, 0.3) is 0 Å². The first-order valence-electron chi connectivity index (χ1n) is 13.3. The summed E-state index contributed by atoms with van der Waals surface area (Å²) in [5, 5.41) is 0. The minimum absolute atomic E-state index is 0.0494. The molecule has 2 bridgehead atoms. The first-order chi connectivity index (χ1) is 18.1. The van der Waals surface area contributed by atoms with E-state index in [9.17, 15) is 4.79 Å². The molecule has 1 amide bonds. The van der Waals surface area contributed by atoms with Crippen LogP contribution >= 0.6 is 15.9 Å². The van der Waals surface area contributed by atoms with Crippen LogP contribution in [0.4, 0.5) is 10.5 Å². The Balaban J connectivity index is 1.30. The van der Waals surface area contributed by atoms with Gasteiger partial charge in [0.25, 0.3) is 0 Å². The molecule has 0 spiro atoms. The van der Waals surface area contributed by atoms with Gasteiger partial charge in [-0.15, -0.1) is 0 Å². The number of nitrogens with two attached hydrogens (primary N) is 1. The first-order valence-corrected chi connectivity index (χ1v) is 14.1. The Morgan fingerprint density at radius 2 is 1.70 bits per heavy atom. The molecule has 3 aromatic rings. The Hall–Kier alpha value is -2.99. The third-order valence-corrected chi connectivity index (χ3v) is 9.66. The van der Waals surface area contributed by atoms with Gasteiger partial charge in [0.05, 0.1) is 5.69 Å². The highest BCUT2D eigenvalue weighted by molar-refractivity contribution is 9.10. The number of hydrogen-bond donors (Lipinski definition) is 1. The summed E-state index contributed by atoms with van der Waals surface area (Å²) in [6.07, 6.45) is 6.21. The Morgan fingerprint density at radius 1 is 1.00 bits per heavy atom. The highest BCUT2D eigenvalue weighted by atomic mass is 79.9. The summed E-state index contributed by atoms with van der Waals surface area (Å²) in [7, 11) is 0. The van der Waals surface area contributed by atoms with Crippen LogP contribution in [0.1, 0.15) is 54.4 Å². The summed E-state index contributed by atoms with van der Waals surface area (Å²) in [6.45, 7) is 1.50. The van der Waals surface area contributed by atoms with Crippen molar-refractivity contribution >= 4 is 27.7 Å². The van der Waals surface area contributed by atoms with Crippen LogP contribution in [0.2, 0.25) is 0 Å². The molecule has 2 aliphatic carbocycles. The highest BCUT2D eigenvalue weighted by Crippen LogP contribution is 2.58. The molecule has 37 heavy (non-hydrogen) atoms. The van der Waals surface area contributed by atoms with E-state index in [-0.39, 0.29) is 17.6 Å². The van der Waals surface area contributed by atoms with Crippen molar-refractivity contribution < 1.29 is 14.3 Å². The quantitative estimate of drug-likeness (QED) is 0.341. The van der Waals surface area contributed by atoms with Crippen molar-refractivity contribution in [3.63, 3.8) is 0 Å². The lowest BCUT2D eigenvalue weighted by Gasteiger charge is -2.58. The first kappa shape index (κ1) is 24.4. The minimum Gasteiger partial charge on any atom is -0.487 e. The van der Waals surface area contributed by atoms with Gasteiger partial charge < -0.3 is 20.1 Å². The van der Waals surface area contributed by atoms with E-state index in [0.717, 1.165) is 53.6 Å². The largest absolute Gasteiger partial charge is 0.487 e. The van der Waals surface area contributed by atoms with Gasteiger partial charge in [-0.05, 0) is 75.9 Å². The smallest absolute Gasteiger partial charge is 0.410 e. The topological polar surface area (TPSA) is 64.8 Å². The lowest BCUT2D eigenvalue weighted by molar-refractivity contribution is -0.0138. The zero-order valence-electron chi connectivity index (χ0n) is 21.0. The molecular formula is C31H33BrN2O3. The van der Waals surface area contributed by atoms with Crippen molar-refractivity contribution in [1.29, 1.82) is 0 Å². The van der Waals surface area contributed by atoms with Gasteiger partial charge in [-0.3, -0.25) is 0 Å². The van der Waals surface area contributed by atoms with Crippen molar-refractivity contribution in [3.8, 4) is 5.75 Å². The lowest BCUT2D eigenvalue weighted by atomic mass is 9.52. The average molecular weight is 562 g/mol. The normalized spacial score (nSPS) is 24.1. The molecular weight excluding hydrogens is 528 g/mol. The summed E-state index contributed by atoms with van der Waals surface area (Å²) in [5.74, 6) is 1.17. The maximum Gasteiger partial charge on any atom is 0.410 e. The van der Waals surface area contributed by atoms with Crippen LogP contribution in [-0.4, -0.2) is 23.6 Å². The highest BCUT2D eigenvalue weighted by Gasteiger charge is 2.55. The number of ether oxygens (including phenoxy) is 2. The van der Waals surface area contributed by atoms with E-state index in [0.29, 0.717) is 24.8 Å². The maximum atomic E-state index is 13.3. The van der Waals surface area contributed by atoms with Gasteiger partial charge in [0.1, 0.15) is 19.0 Å². The summed E-state index contributed by atoms with van der Waals surface area (Å²) < 4.78 is 13.0. The van der Waals surface area contributed by atoms with Crippen LogP contribution in [0.5, 0.6) is 5.75 Å². The number of carbonyl (C=O) groups is 1. The van der Waals surface area contributed by atoms with Crippen molar-refractivity contribution in [2.24, 2.45) is 5.92 Å². The number of hydrogen-bond acceptors (Lipinski definition) is 4. The molecule has 6 heteroatoms. The number of benzene rings is 3. The third-order valence-electron chi connectivity index (χ3n) is 8.76. The molecule has 3 aromatic carbocycles. The molecule has 2 N–H and O–H groups in total. The monoisotopic (exact) mass is 560 g/mol. The number of rotatable bonds is 5. The third kappa shape index (κ3) is 4.39. The summed E-state index contributed by atoms with van der Waals surface area (Å²) >= 11 is 3.84. The lowest BCUT2D eigenvalue weighted by Crippen LogP contribution is -2.62. The van der Waals surface area contributed by atoms with E-state index in [1.54, 1.807) is 0 Å². The predicted octanol–water partition coefficient (Wildman–Crippen LogP) is 7.01. The van der Waals surface area contributed by atoms with Crippen molar-refractivity contribution in [2.75, 3.05) is 12.3 Å². The number of likely N-dealkylation sites (tertiary alicyclic amines) is 1. The maximum absolute atomic E-state index is 13.3.